The van der Waals surface area contributed by atoms with Crippen LogP contribution in [0.4, 0.5) is 5.69 Å². The Labute approximate surface area is 120 Å². The lowest BCUT2D eigenvalue weighted by Gasteiger charge is -2.45. The van der Waals surface area contributed by atoms with E-state index in [9.17, 15) is 4.79 Å². The van der Waals surface area contributed by atoms with E-state index in [-0.39, 0.29) is 16.7 Å². The number of Topliss-reactive ketones (excluding diaryl/α,β-unsaturated/α-hetero) is 1. The van der Waals surface area contributed by atoms with Gasteiger partial charge in [-0.25, -0.2) is 0 Å². The van der Waals surface area contributed by atoms with E-state index < -0.39 is 0 Å². The summed E-state index contributed by atoms with van der Waals surface area (Å²) in [4.78, 5) is 12.3. The zero-order valence-corrected chi connectivity index (χ0v) is 12.4. The number of carbonyl (C=O) groups is 1. The van der Waals surface area contributed by atoms with Gasteiger partial charge in [0.2, 0.25) is 0 Å². The highest BCUT2D eigenvalue weighted by atomic mass is 16.1. The molecule has 1 aromatic carbocycles. The molecule has 20 heavy (non-hydrogen) atoms. The van der Waals surface area contributed by atoms with Crippen LogP contribution in [-0.2, 0) is 4.79 Å². The Balaban J connectivity index is 1.91. The minimum absolute atomic E-state index is 0.0134. The van der Waals surface area contributed by atoms with Gasteiger partial charge in [0.1, 0.15) is 5.78 Å². The second kappa shape index (κ2) is 4.44. The molecule has 2 aliphatic rings. The zero-order valence-electron chi connectivity index (χ0n) is 12.4. The summed E-state index contributed by atoms with van der Waals surface area (Å²) < 4.78 is 0. The van der Waals surface area contributed by atoms with Gasteiger partial charge in [-0.3, -0.25) is 10.2 Å². The van der Waals surface area contributed by atoms with E-state index in [4.69, 9.17) is 0 Å². The molecule has 1 N–H and O–H groups in total. The van der Waals surface area contributed by atoms with Crippen LogP contribution in [-0.4, -0.2) is 11.5 Å². The summed E-state index contributed by atoms with van der Waals surface area (Å²) in [5.74, 6) is 0.571. The molecule has 0 unspecified atom stereocenters. The summed E-state index contributed by atoms with van der Waals surface area (Å²) in [5.41, 5.74) is 5.15. The molecule has 0 aromatic heterocycles. The number of rotatable bonds is 2. The molecule has 0 saturated heterocycles. The molecule has 0 heterocycles. The van der Waals surface area contributed by atoms with Gasteiger partial charge in [-0.2, -0.15) is 5.10 Å². The first kappa shape index (κ1) is 13.3. The molecule has 3 heteroatoms. The van der Waals surface area contributed by atoms with E-state index in [1.807, 2.05) is 30.3 Å². The Hall–Kier alpha value is -1.64. The maximum Gasteiger partial charge on any atom is 0.142 e. The van der Waals surface area contributed by atoms with Gasteiger partial charge in [0.15, 0.2) is 0 Å². The average Bonchev–Trinajstić information content (AvgIpc) is 2.58. The number of fused-ring (bicyclic) bond motifs is 2. The molecule has 106 valence electrons. The van der Waals surface area contributed by atoms with E-state index in [2.05, 4.69) is 31.3 Å². The highest BCUT2D eigenvalue weighted by Gasteiger charge is 2.59. The smallest absolute Gasteiger partial charge is 0.142 e. The first-order chi connectivity index (χ1) is 9.45. The van der Waals surface area contributed by atoms with E-state index in [0.717, 1.165) is 24.2 Å². The molecule has 1 aromatic rings. The fraction of sp³-hybridized carbons (Fsp3) is 0.529. The normalized spacial score (nSPS) is 33.5. The molecule has 0 radical (unpaired) electrons. The van der Waals surface area contributed by atoms with E-state index in [1.165, 1.54) is 0 Å². The molecule has 0 aliphatic heterocycles. The van der Waals surface area contributed by atoms with E-state index in [0.29, 0.717) is 12.2 Å². The third-order valence-electron chi connectivity index (χ3n) is 5.69. The van der Waals surface area contributed by atoms with Gasteiger partial charge in [-0.1, -0.05) is 39.0 Å². The summed E-state index contributed by atoms with van der Waals surface area (Å²) in [7, 11) is 0. The van der Waals surface area contributed by atoms with Crippen molar-refractivity contribution in [3.63, 3.8) is 0 Å². The van der Waals surface area contributed by atoms with E-state index >= 15 is 0 Å². The number of carbonyl (C=O) groups excluding carboxylic acids is 1. The second-order valence-electron chi connectivity index (χ2n) is 6.82. The summed E-state index contributed by atoms with van der Waals surface area (Å²) in [6, 6.07) is 9.91. The highest BCUT2D eigenvalue weighted by molar-refractivity contribution is 6.10. The number of nitrogens with zero attached hydrogens (tertiary/aromatic N) is 1. The van der Waals surface area contributed by atoms with Gasteiger partial charge in [0.25, 0.3) is 0 Å². The summed E-state index contributed by atoms with van der Waals surface area (Å²) in [6.07, 6.45) is 2.57. The largest absolute Gasteiger partial charge is 0.299 e. The Morgan fingerprint density at radius 3 is 2.60 bits per heavy atom. The van der Waals surface area contributed by atoms with Crippen LogP contribution in [0.25, 0.3) is 0 Å². The highest BCUT2D eigenvalue weighted by Crippen LogP contribution is 2.60. The van der Waals surface area contributed by atoms with Crippen LogP contribution in [0.1, 0.15) is 40.0 Å². The van der Waals surface area contributed by atoms with Gasteiger partial charge in [0.05, 0.1) is 11.4 Å². The molecule has 2 saturated carbocycles. The van der Waals surface area contributed by atoms with E-state index in [1.54, 1.807) is 0 Å². The number of hydrogen-bond donors (Lipinski definition) is 1. The van der Waals surface area contributed by atoms with Crippen molar-refractivity contribution < 1.29 is 4.79 Å². The molecule has 3 rings (SSSR count). The number of benzene rings is 1. The van der Waals surface area contributed by atoms with Crippen molar-refractivity contribution in [1.82, 2.24) is 0 Å². The third kappa shape index (κ3) is 1.80. The van der Waals surface area contributed by atoms with Crippen molar-refractivity contribution in [1.29, 1.82) is 0 Å². The van der Waals surface area contributed by atoms with Crippen molar-refractivity contribution in [3.05, 3.63) is 30.3 Å². The average molecular weight is 270 g/mol. The summed E-state index contributed by atoms with van der Waals surface area (Å²) in [6.45, 7) is 6.71. The van der Waals surface area contributed by atoms with Crippen LogP contribution in [0.2, 0.25) is 0 Å². The van der Waals surface area contributed by atoms with Gasteiger partial charge >= 0.3 is 0 Å². The minimum Gasteiger partial charge on any atom is -0.299 e. The maximum atomic E-state index is 12.3. The van der Waals surface area contributed by atoms with Crippen molar-refractivity contribution in [2.24, 2.45) is 21.8 Å². The minimum atomic E-state index is 0.0134. The van der Waals surface area contributed by atoms with Crippen LogP contribution >= 0.6 is 0 Å². The Morgan fingerprint density at radius 1 is 1.20 bits per heavy atom. The van der Waals surface area contributed by atoms with Crippen LogP contribution in [0.3, 0.4) is 0 Å². The second-order valence-corrected chi connectivity index (χ2v) is 6.82. The van der Waals surface area contributed by atoms with Crippen molar-refractivity contribution in [2.45, 2.75) is 40.0 Å². The number of ketones is 1. The SMILES string of the molecule is CC1(C)[C@@H]2CC[C@@]1(C)/C(=N\Nc1ccccc1)CC2=O. The first-order valence-corrected chi connectivity index (χ1v) is 7.36. The lowest BCUT2D eigenvalue weighted by Crippen LogP contribution is -2.48. The van der Waals surface area contributed by atoms with Crippen molar-refractivity contribution >= 4 is 17.2 Å². The van der Waals surface area contributed by atoms with Gasteiger partial charge in [-0.15, -0.1) is 0 Å². The Morgan fingerprint density at radius 2 is 1.90 bits per heavy atom. The summed E-state index contributed by atoms with van der Waals surface area (Å²) >= 11 is 0. The predicted octanol–water partition coefficient (Wildman–Crippen LogP) is 3.87. The monoisotopic (exact) mass is 270 g/mol. The topological polar surface area (TPSA) is 41.5 Å². The maximum absolute atomic E-state index is 12.3. The number of anilines is 1. The number of para-hydroxylation sites is 1. The number of nitrogens with one attached hydrogen (secondary N) is 1. The fourth-order valence-electron chi connectivity index (χ4n) is 3.87. The lowest BCUT2D eigenvalue weighted by atomic mass is 9.58. The fourth-order valence-corrected chi connectivity index (χ4v) is 3.87. The Kier molecular flexibility index (Phi) is 2.96. The zero-order chi connectivity index (χ0) is 14.4. The standard InChI is InChI=1S/C17H22N2O/c1-16(2)13-9-10-17(16,3)15(11-14(13)20)19-18-12-7-5-4-6-8-12/h4-8,13,18H,9-11H2,1-3H3/b19-15-/t13-,17+/m1/s1. The first-order valence-electron chi connectivity index (χ1n) is 7.36. The number of hydrazone groups is 1. The molecule has 2 fully saturated rings. The molecule has 2 atom stereocenters. The van der Waals surface area contributed by atoms with Crippen LogP contribution in [0, 0.1) is 16.7 Å². The Bertz CT molecular complexity index is 562. The predicted molar refractivity (Wildman–Crippen MR) is 81.7 cm³/mol. The van der Waals surface area contributed by atoms with Gasteiger partial charge in [-0.05, 0) is 30.4 Å². The van der Waals surface area contributed by atoms with Crippen LogP contribution < -0.4 is 5.43 Å². The molecule has 2 bridgehead atoms. The summed E-state index contributed by atoms with van der Waals surface area (Å²) in [5, 5.41) is 4.60. The van der Waals surface area contributed by atoms with Crippen LogP contribution in [0.5, 0.6) is 0 Å². The molecular weight excluding hydrogens is 248 g/mol. The van der Waals surface area contributed by atoms with Gasteiger partial charge in [0, 0.05) is 17.8 Å². The number of hydrogen-bond acceptors (Lipinski definition) is 3. The lowest BCUT2D eigenvalue weighted by molar-refractivity contribution is -0.126. The molecule has 0 spiro atoms. The molecular formula is C17H22N2O. The van der Waals surface area contributed by atoms with Crippen molar-refractivity contribution in [2.75, 3.05) is 5.43 Å². The van der Waals surface area contributed by atoms with Crippen LogP contribution in [0.15, 0.2) is 35.4 Å². The third-order valence-corrected chi connectivity index (χ3v) is 5.69. The molecule has 2 aliphatic carbocycles. The van der Waals surface area contributed by atoms with Crippen molar-refractivity contribution in [3.8, 4) is 0 Å². The molecule has 3 nitrogen and oxygen atoms in total. The quantitative estimate of drug-likeness (QED) is 0.829. The van der Waals surface area contributed by atoms with Gasteiger partial charge < -0.3 is 0 Å². The molecule has 0 amide bonds.